The highest BCUT2D eigenvalue weighted by molar-refractivity contribution is 7.80. The van der Waals surface area contributed by atoms with E-state index >= 15 is 0 Å². The quantitative estimate of drug-likeness (QED) is 0.383. The van der Waals surface area contributed by atoms with Crippen molar-refractivity contribution in [2.24, 2.45) is 10.2 Å². The van der Waals surface area contributed by atoms with Gasteiger partial charge < -0.3 is 10.6 Å². The first-order chi connectivity index (χ1) is 12.6. The topological polar surface area (TPSA) is 48.8 Å². The zero-order chi connectivity index (χ0) is 18.4. The number of benzene rings is 3. The van der Waals surface area contributed by atoms with Gasteiger partial charge in [0.1, 0.15) is 0 Å². The van der Waals surface area contributed by atoms with Gasteiger partial charge in [0.25, 0.3) is 0 Å². The van der Waals surface area contributed by atoms with E-state index in [9.17, 15) is 0 Å². The van der Waals surface area contributed by atoms with Crippen molar-refractivity contribution >= 4 is 51.7 Å². The smallest absolute Gasteiger partial charge is 0.175 e. The monoisotopic (exact) mass is 380 g/mol. The normalized spacial score (nSPS) is 10.7. The molecule has 2 N–H and O–H groups in total. The van der Waals surface area contributed by atoms with Crippen LogP contribution >= 0.6 is 23.8 Å². The molecular formula is C20H17ClN4S. The van der Waals surface area contributed by atoms with E-state index in [1.165, 1.54) is 0 Å². The molecule has 3 aromatic carbocycles. The molecule has 0 spiro atoms. The van der Waals surface area contributed by atoms with Gasteiger partial charge in [0.05, 0.1) is 11.4 Å². The number of thiocarbonyl (C=S) groups is 1. The van der Waals surface area contributed by atoms with Crippen LogP contribution in [0.3, 0.4) is 0 Å². The standard InChI is InChI=1S/C20H17ClN4S/c1-14-18(21)8-5-9-19(14)23-20(26)22-15-10-12-17(13-11-15)25-24-16-6-3-2-4-7-16/h2-13H,1H3,(H2,22,23,26). The maximum atomic E-state index is 6.13. The summed E-state index contributed by atoms with van der Waals surface area (Å²) in [5, 5.41) is 15.9. The Kier molecular flexibility index (Phi) is 5.94. The SMILES string of the molecule is Cc1c(Cl)cccc1NC(=S)Nc1ccc(N=Nc2ccccc2)cc1. The molecule has 0 saturated heterocycles. The Morgan fingerprint density at radius 3 is 2.15 bits per heavy atom. The van der Waals surface area contributed by atoms with E-state index in [4.69, 9.17) is 23.8 Å². The van der Waals surface area contributed by atoms with Crippen molar-refractivity contribution in [3.05, 3.63) is 83.4 Å². The van der Waals surface area contributed by atoms with Gasteiger partial charge in [-0.1, -0.05) is 35.9 Å². The Hall–Kier alpha value is -2.76. The molecule has 130 valence electrons. The van der Waals surface area contributed by atoms with Gasteiger partial charge in [0, 0.05) is 16.4 Å². The van der Waals surface area contributed by atoms with Gasteiger partial charge in [0.15, 0.2) is 5.11 Å². The molecule has 26 heavy (non-hydrogen) atoms. The van der Waals surface area contributed by atoms with Gasteiger partial charge in [-0.25, -0.2) is 0 Å². The lowest BCUT2D eigenvalue weighted by atomic mass is 10.2. The second-order valence-electron chi connectivity index (χ2n) is 5.57. The predicted molar refractivity (Wildman–Crippen MR) is 113 cm³/mol. The summed E-state index contributed by atoms with van der Waals surface area (Å²) in [6.07, 6.45) is 0. The Morgan fingerprint density at radius 1 is 0.808 bits per heavy atom. The van der Waals surface area contributed by atoms with Gasteiger partial charge in [-0.05, 0) is 73.2 Å². The Balaban J connectivity index is 1.61. The average Bonchev–Trinajstić information content (AvgIpc) is 2.66. The fourth-order valence-electron chi connectivity index (χ4n) is 2.25. The molecule has 3 aromatic rings. The fraction of sp³-hybridized carbons (Fsp3) is 0.0500. The number of nitrogens with one attached hydrogen (secondary N) is 2. The minimum Gasteiger partial charge on any atom is -0.332 e. The maximum Gasteiger partial charge on any atom is 0.175 e. The molecular weight excluding hydrogens is 364 g/mol. The van der Waals surface area contributed by atoms with Gasteiger partial charge in [-0.15, -0.1) is 0 Å². The van der Waals surface area contributed by atoms with Crippen molar-refractivity contribution in [1.82, 2.24) is 0 Å². The second-order valence-corrected chi connectivity index (χ2v) is 6.39. The van der Waals surface area contributed by atoms with Crippen LogP contribution in [-0.2, 0) is 0 Å². The van der Waals surface area contributed by atoms with Crippen LogP contribution in [0.1, 0.15) is 5.56 Å². The van der Waals surface area contributed by atoms with E-state index in [0.29, 0.717) is 10.1 Å². The van der Waals surface area contributed by atoms with Gasteiger partial charge in [-0.3, -0.25) is 0 Å². The summed E-state index contributed by atoms with van der Waals surface area (Å²) in [6, 6.07) is 22.8. The second kappa shape index (κ2) is 8.56. The predicted octanol–water partition coefficient (Wildman–Crippen LogP) is 6.87. The molecule has 0 unspecified atom stereocenters. The van der Waals surface area contributed by atoms with Gasteiger partial charge >= 0.3 is 0 Å². The highest BCUT2D eigenvalue weighted by Crippen LogP contribution is 2.24. The molecule has 3 rings (SSSR count). The molecule has 0 aliphatic rings. The van der Waals surface area contributed by atoms with Crippen molar-refractivity contribution in [1.29, 1.82) is 0 Å². The van der Waals surface area contributed by atoms with E-state index < -0.39 is 0 Å². The van der Waals surface area contributed by atoms with Crippen molar-refractivity contribution in [3.63, 3.8) is 0 Å². The van der Waals surface area contributed by atoms with E-state index in [1.807, 2.05) is 79.7 Å². The van der Waals surface area contributed by atoms with Crippen molar-refractivity contribution in [3.8, 4) is 0 Å². The number of hydrogen-bond donors (Lipinski definition) is 2. The first-order valence-corrected chi connectivity index (χ1v) is 8.80. The zero-order valence-electron chi connectivity index (χ0n) is 14.1. The summed E-state index contributed by atoms with van der Waals surface area (Å²) in [5.41, 5.74) is 4.28. The van der Waals surface area contributed by atoms with Crippen LogP contribution in [0.25, 0.3) is 0 Å². The third kappa shape index (κ3) is 4.88. The third-order valence-corrected chi connectivity index (χ3v) is 4.29. The largest absolute Gasteiger partial charge is 0.332 e. The number of anilines is 2. The molecule has 4 nitrogen and oxygen atoms in total. The summed E-state index contributed by atoms with van der Waals surface area (Å²) in [4.78, 5) is 0. The molecule has 0 aromatic heterocycles. The number of rotatable bonds is 4. The Morgan fingerprint density at radius 2 is 1.46 bits per heavy atom. The Bertz CT molecular complexity index is 924. The minimum absolute atomic E-state index is 0.494. The molecule has 0 atom stereocenters. The van der Waals surface area contributed by atoms with Crippen LogP contribution in [0.5, 0.6) is 0 Å². The zero-order valence-corrected chi connectivity index (χ0v) is 15.7. The minimum atomic E-state index is 0.494. The summed E-state index contributed by atoms with van der Waals surface area (Å²) in [5.74, 6) is 0. The number of nitrogens with zero attached hydrogens (tertiary/aromatic N) is 2. The fourth-order valence-corrected chi connectivity index (χ4v) is 2.65. The average molecular weight is 381 g/mol. The molecule has 0 amide bonds. The van der Waals surface area contributed by atoms with Crippen LogP contribution in [0.4, 0.5) is 22.7 Å². The molecule has 0 saturated carbocycles. The molecule has 0 aliphatic carbocycles. The van der Waals surface area contributed by atoms with E-state index in [0.717, 1.165) is 28.3 Å². The molecule has 0 aliphatic heterocycles. The summed E-state index contributed by atoms with van der Waals surface area (Å²) >= 11 is 11.5. The van der Waals surface area contributed by atoms with Crippen molar-refractivity contribution in [2.75, 3.05) is 10.6 Å². The van der Waals surface area contributed by atoms with Crippen molar-refractivity contribution in [2.45, 2.75) is 6.92 Å². The lowest BCUT2D eigenvalue weighted by Crippen LogP contribution is -2.19. The number of azo groups is 1. The molecule has 0 radical (unpaired) electrons. The Labute approximate surface area is 162 Å². The van der Waals surface area contributed by atoms with Crippen LogP contribution < -0.4 is 10.6 Å². The van der Waals surface area contributed by atoms with Gasteiger partial charge in [0.2, 0.25) is 0 Å². The lowest BCUT2D eigenvalue weighted by molar-refractivity contribution is 1.23. The summed E-state index contributed by atoms with van der Waals surface area (Å²) in [7, 11) is 0. The number of hydrogen-bond acceptors (Lipinski definition) is 3. The highest BCUT2D eigenvalue weighted by Gasteiger charge is 2.04. The number of halogens is 1. The van der Waals surface area contributed by atoms with Crippen LogP contribution in [0.2, 0.25) is 5.02 Å². The van der Waals surface area contributed by atoms with Crippen LogP contribution in [0, 0.1) is 6.92 Å². The first-order valence-electron chi connectivity index (χ1n) is 8.02. The maximum absolute atomic E-state index is 6.13. The molecule has 0 heterocycles. The highest BCUT2D eigenvalue weighted by atomic mass is 35.5. The molecule has 0 fully saturated rings. The summed E-state index contributed by atoms with van der Waals surface area (Å²) < 4.78 is 0. The van der Waals surface area contributed by atoms with E-state index in [1.54, 1.807) is 0 Å². The van der Waals surface area contributed by atoms with Gasteiger partial charge in [-0.2, -0.15) is 10.2 Å². The molecule has 0 bridgehead atoms. The summed E-state index contributed by atoms with van der Waals surface area (Å²) in [6.45, 7) is 1.94. The van der Waals surface area contributed by atoms with E-state index in [-0.39, 0.29) is 0 Å². The third-order valence-electron chi connectivity index (χ3n) is 3.68. The van der Waals surface area contributed by atoms with E-state index in [2.05, 4.69) is 20.9 Å². The van der Waals surface area contributed by atoms with Crippen molar-refractivity contribution < 1.29 is 0 Å². The first kappa shape index (κ1) is 18.0. The van der Waals surface area contributed by atoms with Crippen LogP contribution in [-0.4, -0.2) is 5.11 Å². The van der Waals surface area contributed by atoms with Crippen LogP contribution in [0.15, 0.2) is 83.0 Å². The lowest BCUT2D eigenvalue weighted by Gasteiger charge is -2.13. The molecule has 6 heteroatoms.